The highest BCUT2D eigenvalue weighted by Crippen LogP contribution is 2.26. The summed E-state index contributed by atoms with van der Waals surface area (Å²) in [6, 6.07) is 9.23. The molecule has 9 heteroatoms. The molecule has 0 atom stereocenters. The quantitative estimate of drug-likeness (QED) is 0.490. The molecule has 1 N–H and O–H groups in total. The van der Waals surface area contributed by atoms with Crippen LogP contribution in [-0.2, 0) is 11.4 Å². The first-order chi connectivity index (χ1) is 14.8. The number of para-hydroxylation sites is 1. The van der Waals surface area contributed by atoms with Gasteiger partial charge in [-0.25, -0.2) is 8.78 Å². The Balaban J connectivity index is 1.66. The van der Waals surface area contributed by atoms with Gasteiger partial charge >= 0.3 is 0 Å². The number of anilines is 1. The third-order valence-electron chi connectivity index (χ3n) is 4.54. The number of hydrogen-bond acceptors (Lipinski definition) is 5. The van der Waals surface area contributed by atoms with Crippen LogP contribution in [0.5, 0.6) is 5.75 Å². The van der Waals surface area contributed by atoms with Crippen molar-refractivity contribution in [2.24, 2.45) is 0 Å². The number of rotatable bonds is 8. The summed E-state index contributed by atoms with van der Waals surface area (Å²) in [4.78, 5) is 12.2. The van der Waals surface area contributed by atoms with Crippen LogP contribution in [0.3, 0.4) is 0 Å². The largest absolute Gasteiger partial charge is 0.485 e. The van der Waals surface area contributed by atoms with Crippen LogP contribution < -0.4 is 10.1 Å². The lowest BCUT2D eigenvalue weighted by Crippen LogP contribution is -2.16. The standard InChI is InChI=1S/C22H24F2N4O2S/c1-13(2)28-19(11-30-21-14(3)6-5-7-15(21)4)26-27-22(28)31-12-20(29)25-16-8-9-17(23)18(24)10-16/h5-10,13H,11-12H2,1-4H3,(H,25,29). The number of hydrogen-bond donors (Lipinski definition) is 1. The Bertz CT molecular complexity index is 1070. The lowest BCUT2D eigenvalue weighted by Gasteiger charge is -2.15. The first kappa shape index (κ1) is 22.7. The molecule has 0 aliphatic heterocycles. The highest BCUT2D eigenvalue weighted by atomic mass is 32.2. The Hall–Kier alpha value is -2.94. The molecule has 1 aromatic heterocycles. The molecule has 0 unspecified atom stereocenters. The monoisotopic (exact) mass is 446 g/mol. The number of ether oxygens (including phenoxy) is 1. The molecule has 0 aliphatic carbocycles. The minimum absolute atomic E-state index is 0.0433. The molecule has 2 aromatic carbocycles. The zero-order valence-electron chi connectivity index (χ0n) is 17.8. The summed E-state index contributed by atoms with van der Waals surface area (Å²) in [5.74, 6) is -0.821. The van der Waals surface area contributed by atoms with Crippen molar-refractivity contribution in [3.05, 3.63) is 65.0 Å². The molecule has 0 fully saturated rings. The van der Waals surface area contributed by atoms with Gasteiger partial charge in [-0.1, -0.05) is 30.0 Å². The normalized spacial score (nSPS) is 11.1. The molecule has 3 rings (SSSR count). The van der Waals surface area contributed by atoms with Crippen molar-refractivity contribution in [1.29, 1.82) is 0 Å². The van der Waals surface area contributed by atoms with E-state index < -0.39 is 11.6 Å². The maximum absolute atomic E-state index is 13.3. The van der Waals surface area contributed by atoms with Crippen LogP contribution in [0, 0.1) is 25.5 Å². The van der Waals surface area contributed by atoms with Gasteiger partial charge in [0.05, 0.1) is 5.75 Å². The van der Waals surface area contributed by atoms with Crippen molar-refractivity contribution in [3.63, 3.8) is 0 Å². The van der Waals surface area contributed by atoms with Crippen molar-refractivity contribution in [1.82, 2.24) is 14.8 Å². The average molecular weight is 447 g/mol. The number of nitrogens with zero attached hydrogens (tertiary/aromatic N) is 3. The smallest absolute Gasteiger partial charge is 0.234 e. The number of halogens is 2. The van der Waals surface area contributed by atoms with Crippen molar-refractivity contribution < 1.29 is 18.3 Å². The van der Waals surface area contributed by atoms with Gasteiger partial charge < -0.3 is 14.6 Å². The molecule has 1 heterocycles. The first-order valence-electron chi connectivity index (χ1n) is 9.76. The summed E-state index contributed by atoms with van der Waals surface area (Å²) in [7, 11) is 0. The Morgan fingerprint density at radius 3 is 2.48 bits per heavy atom. The number of aryl methyl sites for hydroxylation is 2. The third-order valence-corrected chi connectivity index (χ3v) is 5.48. The van der Waals surface area contributed by atoms with Crippen molar-refractivity contribution in [2.45, 2.75) is 45.5 Å². The number of carbonyl (C=O) groups is 1. The topological polar surface area (TPSA) is 69.0 Å². The van der Waals surface area contributed by atoms with Gasteiger partial charge in [0.15, 0.2) is 22.6 Å². The van der Waals surface area contributed by atoms with Crippen LogP contribution in [0.4, 0.5) is 14.5 Å². The van der Waals surface area contributed by atoms with Gasteiger partial charge in [-0.2, -0.15) is 0 Å². The van der Waals surface area contributed by atoms with Gasteiger partial charge in [0.2, 0.25) is 5.91 Å². The van der Waals surface area contributed by atoms with E-state index in [0.29, 0.717) is 11.0 Å². The first-order valence-corrected chi connectivity index (χ1v) is 10.7. The molecule has 164 valence electrons. The number of thioether (sulfide) groups is 1. The summed E-state index contributed by atoms with van der Waals surface area (Å²) in [6.07, 6.45) is 0. The number of amides is 1. The van der Waals surface area contributed by atoms with Gasteiger partial charge in [0.25, 0.3) is 0 Å². The second-order valence-electron chi connectivity index (χ2n) is 7.34. The molecule has 6 nitrogen and oxygen atoms in total. The van der Waals surface area contributed by atoms with E-state index in [9.17, 15) is 13.6 Å². The summed E-state index contributed by atoms with van der Waals surface area (Å²) >= 11 is 1.21. The van der Waals surface area contributed by atoms with E-state index in [1.807, 2.05) is 50.5 Å². The molecule has 0 spiro atoms. The second-order valence-corrected chi connectivity index (χ2v) is 8.28. The van der Waals surface area contributed by atoms with Crippen LogP contribution in [0.2, 0.25) is 0 Å². The molecule has 0 saturated carbocycles. The summed E-state index contributed by atoms with van der Waals surface area (Å²) in [6.45, 7) is 8.22. The van der Waals surface area contributed by atoms with E-state index in [1.165, 1.54) is 17.8 Å². The van der Waals surface area contributed by atoms with Gasteiger partial charge in [-0.15, -0.1) is 10.2 Å². The lowest BCUT2D eigenvalue weighted by atomic mass is 10.1. The van der Waals surface area contributed by atoms with Crippen molar-refractivity contribution >= 4 is 23.4 Å². The molecule has 31 heavy (non-hydrogen) atoms. The van der Waals surface area contributed by atoms with E-state index in [1.54, 1.807) is 0 Å². The second kappa shape index (κ2) is 9.91. The highest BCUT2D eigenvalue weighted by molar-refractivity contribution is 7.99. The van der Waals surface area contributed by atoms with E-state index in [0.717, 1.165) is 29.0 Å². The number of nitrogens with one attached hydrogen (secondary N) is 1. The van der Waals surface area contributed by atoms with Gasteiger partial charge in [-0.3, -0.25) is 4.79 Å². The zero-order chi connectivity index (χ0) is 22.5. The number of benzene rings is 2. The third kappa shape index (κ3) is 5.61. The Labute approximate surface area is 184 Å². The van der Waals surface area contributed by atoms with E-state index in [2.05, 4.69) is 15.5 Å². The maximum atomic E-state index is 13.3. The minimum atomic E-state index is -1.02. The highest BCUT2D eigenvalue weighted by Gasteiger charge is 2.18. The van der Waals surface area contributed by atoms with Crippen LogP contribution in [0.1, 0.15) is 36.8 Å². The van der Waals surface area contributed by atoms with Crippen LogP contribution in [0.25, 0.3) is 0 Å². The van der Waals surface area contributed by atoms with Gasteiger partial charge in [0, 0.05) is 17.8 Å². The van der Waals surface area contributed by atoms with Gasteiger partial charge in [-0.05, 0) is 51.0 Å². The molecular weight excluding hydrogens is 422 g/mol. The predicted octanol–water partition coefficient (Wildman–Crippen LogP) is 5.06. The fourth-order valence-corrected chi connectivity index (χ4v) is 3.97. The van der Waals surface area contributed by atoms with Crippen LogP contribution in [-0.4, -0.2) is 26.4 Å². The van der Waals surface area contributed by atoms with Crippen LogP contribution in [0.15, 0.2) is 41.6 Å². The van der Waals surface area contributed by atoms with Gasteiger partial charge in [0.1, 0.15) is 12.4 Å². The summed E-state index contributed by atoms with van der Waals surface area (Å²) < 4.78 is 34.3. The van der Waals surface area contributed by atoms with Crippen LogP contribution >= 0.6 is 11.8 Å². The fraction of sp³-hybridized carbons (Fsp3) is 0.318. The molecular formula is C22H24F2N4O2S. The Morgan fingerprint density at radius 2 is 1.84 bits per heavy atom. The minimum Gasteiger partial charge on any atom is -0.485 e. The summed E-state index contributed by atoms with van der Waals surface area (Å²) in [5.41, 5.74) is 2.27. The molecule has 0 saturated heterocycles. The SMILES string of the molecule is Cc1cccc(C)c1OCc1nnc(SCC(=O)Nc2ccc(F)c(F)c2)n1C(C)C. The molecule has 3 aromatic rings. The molecule has 0 aliphatic rings. The number of aromatic nitrogens is 3. The maximum Gasteiger partial charge on any atom is 0.234 e. The van der Waals surface area contributed by atoms with Crippen molar-refractivity contribution in [2.75, 3.05) is 11.1 Å². The summed E-state index contributed by atoms with van der Waals surface area (Å²) in [5, 5.41) is 11.6. The van der Waals surface area contributed by atoms with Crippen molar-refractivity contribution in [3.8, 4) is 5.75 Å². The average Bonchev–Trinajstić information content (AvgIpc) is 3.12. The zero-order valence-corrected chi connectivity index (χ0v) is 18.6. The fourth-order valence-electron chi connectivity index (χ4n) is 3.09. The van der Waals surface area contributed by atoms with E-state index in [4.69, 9.17) is 4.74 Å². The van der Waals surface area contributed by atoms with E-state index in [-0.39, 0.29) is 30.0 Å². The predicted molar refractivity (Wildman–Crippen MR) is 116 cm³/mol. The lowest BCUT2D eigenvalue weighted by molar-refractivity contribution is -0.113. The Morgan fingerprint density at radius 1 is 1.13 bits per heavy atom. The Kier molecular flexibility index (Phi) is 7.27. The molecule has 1 amide bonds. The van der Waals surface area contributed by atoms with E-state index >= 15 is 0 Å². The molecule has 0 bridgehead atoms. The number of carbonyl (C=O) groups excluding carboxylic acids is 1. The molecule has 0 radical (unpaired) electrons.